The largest absolute Gasteiger partial charge is 0.367 e. The molecule has 1 atom stereocenters. The van der Waals surface area contributed by atoms with Crippen LogP contribution >= 0.6 is 11.6 Å². The summed E-state index contributed by atoms with van der Waals surface area (Å²) in [6.45, 7) is 8.78. The third-order valence-electron chi connectivity index (χ3n) is 2.79. The van der Waals surface area contributed by atoms with E-state index in [9.17, 15) is 0 Å². The fourth-order valence-corrected chi connectivity index (χ4v) is 1.98. The number of aryl methyl sites for hydroxylation is 1. The van der Waals surface area contributed by atoms with Crippen LogP contribution in [0.3, 0.4) is 0 Å². The molecule has 0 aliphatic heterocycles. The Kier molecular flexibility index (Phi) is 6.41. The summed E-state index contributed by atoms with van der Waals surface area (Å²) >= 11 is 6.01. The molecule has 0 amide bonds. The number of hydrogen-bond donors (Lipinski definition) is 1. The molecule has 1 N–H and O–H groups in total. The van der Waals surface area contributed by atoms with Crippen molar-refractivity contribution in [1.29, 1.82) is 0 Å². The lowest BCUT2D eigenvalue weighted by Crippen LogP contribution is -2.17. The topological polar surface area (TPSA) is 37.8 Å². The molecule has 0 saturated carbocycles. The summed E-state index contributed by atoms with van der Waals surface area (Å²) in [4.78, 5) is 8.70. The Bertz CT molecular complexity index is 366. The molecule has 1 aromatic heterocycles. The fraction of sp³-hybridized carbons (Fsp3) is 0.714. The van der Waals surface area contributed by atoms with Crippen LogP contribution in [0.5, 0.6) is 0 Å². The van der Waals surface area contributed by atoms with Gasteiger partial charge in [-0.1, -0.05) is 32.4 Å². The van der Waals surface area contributed by atoms with Gasteiger partial charge < -0.3 is 5.32 Å². The van der Waals surface area contributed by atoms with Crippen molar-refractivity contribution in [2.75, 3.05) is 5.32 Å². The summed E-state index contributed by atoms with van der Waals surface area (Å²) in [7, 11) is 0. The zero-order valence-corrected chi connectivity index (χ0v) is 12.6. The predicted octanol–water partition coefficient (Wildman–Crippen LogP) is 4.32. The normalized spacial score (nSPS) is 12.8. The van der Waals surface area contributed by atoms with E-state index in [0.29, 0.717) is 11.2 Å². The van der Waals surface area contributed by atoms with Crippen molar-refractivity contribution in [2.45, 2.75) is 59.4 Å². The average Bonchev–Trinajstić information content (AvgIpc) is 2.26. The highest BCUT2D eigenvalue weighted by Gasteiger charge is 2.07. The molecule has 0 fully saturated rings. The maximum absolute atomic E-state index is 6.01. The lowest BCUT2D eigenvalue weighted by Gasteiger charge is -2.16. The van der Waals surface area contributed by atoms with Crippen LogP contribution in [0, 0.1) is 5.92 Å². The van der Waals surface area contributed by atoms with Crippen molar-refractivity contribution < 1.29 is 0 Å². The SMILES string of the molecule is CCCc1nc(Cl)cc(NC(C)CCC(C)C)n1. The molecule has 1 unspecified atom stereocenters. The zero-order chi connectivity index (χ0) is 13.5. The Hall–Kier alpha value is -0.830. The average molecular weight is 270 g/mol. The highest BCUT2D eigenvalue weighted by molar-refractivity contribution is 6.29. The third-order valence-corrected chi connectivity index (χ3v) is 2.98. The number of aromatic nitrogens is 2. The summed E-state index contributed by atoms with van der Waals surface area (Å²) in [5.74, 6) is 2.40. The van der Waals surface area contributed by atoms with Crippen LogP contribution in [0.25, 0.3) is 0 Å². The molecule has 0 aliphatic rings. The van der Waals surface area contributed by atoms with Gasteiger partial charge in [-0.3, -0.25) is 0 Å². The second kappa shape index (κ2) is 7.57. The highest BCUT2D eigenvalue weighted by Crippen LogP contribution is 2.15. The summed E-state index contributed by atoms with van der Waals surface area (Å²) in [6, 6.07) is 2.21. The molecular weight excluding hydrogens is 246 g/mol. The van der Waals surface area contributed by atoms with Gasteiger partial charge in [0.15, 0.2) is 0 Å². The third kappa shape index (κ3) is 5.67. The molecule has 0 bridgehead atoms. The fourth-order valence-electron chi connectivity index (χ4n) is 1.78. The van der Waals surface area contributed by atoms with Crippen LogP contribution in [-0.2, 0) is 6.42 Å². The molecule has 1 aromatic rings. The van der Waals surface area contributed by atoms with Gasteiger partial charge in [-0.15, -0.1) is 0 Å². The van der Waals surface area contributed by atoms with Crippen molar-refractivity contribution in [3.05, 3.63) is 17.0 Å². The van der Waals surface area contributed by atoms with Crippen LogP contribution in [-0.4, -0.2) is 16.0 Å². The summed E-state index contributed by atoms with van der Waals surface area (Å²) in [5.41, 5.74) is 0. The maximum Gasteiger partial charge on any atom is 0.134 e. The van der Waals surface area contributed by atoms with Crippen LogP contribution in [0.1, 0.15) is 52.8 Å². The van der Waals surface area contributed by atoms with Crippen molar-refractivity contribution in [2.24, 2.45) is 5.92 Å². The first-order valence-corrected chi connectivity index (χ1v) is 7.19. The van der Waals surface area contributed by atoms with E-state index in [0.717, 1.165) is 36.8 Å². The number of anilines is 1. The first-order valence-electron chi connectivity index (χ1n) is 6.81. The number of nitrogens with one attached hydrogen (secondary N) is 1. The molecule has 0 aliphatic carbocycles. The van der Waals surface area contributed by atoms with Gasteiger partial charge in [0.2, 0.25) is 0 Å². The Balaban J connectivity index is 2.60. The lowest BCUT2D eigenvalue weighted by molar-refractivity contribution is 0.527. The molecule has 18 heavy (non-hydrogen) atoms. The first-order chi connectivity index (χ1) is 8.51. The van der Waals surface area contributed by atoms with Gasteiger partial charge in [0.05, 0.1) is 0 Å². The molecule has 0 radical (unpaired) electrons. The monoisotopic (exact) mass is 269 g/mol. The lowest BCUT2D eigenvalue weighted by atomic mass is 10.0. The Morgan fingerprint density at radius 2 is 1.94 bits per heavy atom. The number of rotatable bonds is 7. The van der Waals surface area contributed by atoms with Crippen LogP contribution in [0.2, 0.25) is 5.15 Å². The van der Waals surface area contributed by atoms with E-state index >= 15 is 0 Å². The van der Waals surface area contributed by atoms with Gasteiger partial charge in [0.1, 0.15) is 16.8 Å². The molecule has 1 heterocycles. The molecule has 3 nitrogen and oxygen atoms in total. The van der Waals surface area contributed by atoms with Gasteiger partial charge in [-0.05, 0) is 32.1 Å². The van der Waals surface area contributed by atoms with Gasteiger partial charge in [0, 0.05) is 18.5 Å². The van der Waals surface area contributed by atoms with Crippen LogP contribution in [0.15, 0.2) is 6.07 Å². The summed E-state index contributed by atoms with van der Waals surface area (Å²) in [5, 5.41) is 3.92. The minimum atomic E-state index is 0.410. The highest BCUT2D eigenvalue weighted by atomic mass is 35.5. The van der Waals surface area contributed by atoms with Gasteiger partial charge in [-0.2, -0.15) is 0 Å². The van der Waals surface area contributed by atoms with E-state index in [1.54, 1.807) is 6.07 Å². The molecule has 0 spiro atoms. The van der Waals surface area contributed by atoms with Crippen molar-refractivity contribution in [3.63, 3.8) is 0 Å². The molecule has 102 valence electrons. The molecule has 0 saturated heterocycles. The maximum atomic E-state index is 6.01. The Labute approximate surface area is 115 Å². The van der Waals surface area contributed by atoms with Gasteiger partial charge in [-0.25, -0.2) is 9.97 Å². The summed E-state index contributed by atoms with van der Waals surface area (Å²) < 4.78 is 0. The summed E-state index contributed by atoms with van der Waals surface area (Å²) in [6.07, 6.45) is 4.26. The Morgan fingerprint density at radius 3 is 2.56 bits per heavy atom. The number of nitrogens with zero attached hydrogens (tertiary/aromatic N) is 2. The van der Waals surface area contributed by atoms with E-state index in [1.807, 2.05) is 0 Å². The Morgan fingerprint density at radius 1 is 1.22 bits per heavy atom. The van der Waals surface area contributed by atoms with Gasteiger partial charge in [0.25, 0.3) is 0 Å². The number of halogens is 1. The minimum absolute atomic E-state index is 0.410. The van der Waals surface area contributed by atoms with E-state index in [4.69, 9.17) is 11.6 Å². The van der Waals surface area contributed by atoms with Crippen molar-refractivity contribution in [3.8, 4) is 0 Å². The second-order valence-electron chi connectivity index (χ2n) is 5.26. The number of hydrogen-bond acceptors (Lipinski definition) is 3. The molecular formula is C14H24ClN3. The van der Waals surface area contributed by atoms with Crippen LogP contribution in [0.4, 0.5) is 5.82 Å². The van der Waals surface area contributed by atoms with E-state index in [2.05, 4.69) is 43.0 Å². The van der Waals surface area contributed by atoms with Gasteiger partial charge >= 0.3 is 0 Å². The zero-order valence-electron chi connectivity index (χ0n) is 11.8. The molecule has 0 aromatic carbocycles. The van der Waals surface area contributed by atoms with Crippen molar-refractivity contribution in [1.82, 2.24) is 9.97 Å². The first kappa shape index (κ1) is 15.2. The standard InChI is InChI=1S/C14H24ClN3/c1-5-6-13-17-12(15)9-14(18-13)16-11(4)8-7-10(2)3/h9-11H,5-8H2,1-4H3,(H,16,17,18). The van der Waals surface area contributed by atoms with E-state index < -0.39 is 0 Å². The smallest absolute Gasteiger partial charge is 0.134 e. The second-order valence-corrected chi connectivity index (χ2v) is 5.65. The molecule has 4 heteroatoms. The van der Waals surface area contributed by atoms with Crippen LogP contribution < -0.4 is 5.32 Å². The minimum Gasteiger partial charge on any atom is -0.367 e. The van der Waals surface area contributed by atoms with Crippen molar-refractivity contribution >= 4 is 17.4 Å². The quantitative estimate of drug-likeness (QED) is 0.749. The predicted molar refractivity (Wildman–Crippen MR) is 78.2 cm³/mol. The molecule has 1 rings (SSSR count). The van der Waals surface area contributed by atoms with E-state index in [-0.39, 0.29) is 0 Å². The van der Waals surface area contributed by atoms with E-state index in [1.165, 1.54) is 6.42 Å².